The lowest BCUT2D eigenvalue weighted by Crippen LogP contribution is -2.38. The molecule has 1 N–H and O–H groups in total. The molecule has 1 atom stereocenters. The molecule has 0 saturated heterocycles. The number of aliphatic hydroxyl groups excluding tert-OH is 1. The first-order valence-electron chi connectivity index (χ1n) is 11.2. The van der Waals surface area contributed by atoms with Crippen molar-refractivity contribution in [1.29, 1.82) is 0 Å². The smallest absolute Gasteiger partial charge is 0.290 e. The highest BCUT2D eigenvalue weighted by Crippen LogP contribution is 2.41. The SMILES string of the molecule is CCN(CC)CCN1C(=O)C(O)=C(C(=O)c2cc3cc(C)ccc3o2)C1c1ccc(Cl)c(Cl)c1. The van der Waals surface area contributed by atoms with E-state index in [4.69, 9.17) is 27.6 Å². The third-order valence-corrected chi connectivity index (χ3v) is 6.99. The summed E-state index contributed by atoms with van der Waals surface area (Å²) in [4.78, 5) is 30.5. The fourth-order valence-electron chi connectivity index (χ4n) is 4.34. The number of aliphatic hydroxyl groups is 1. The molecule has 0 spiro atoms. The lowest BCUT2D eigenvalue weighted by atomic mass is 9.95. The number of carbonyl (C=O) groups is 2. The van der Waals surface area contributed by atoms with Gasteiger partial charge in [-0.2, -0.15) is 0 Å². The molecule has 2 heterocycles. The Kier molecular flexibility index (Phi) is 7.03. The quantitative estimate of drug-likeness (QED) is 0.385. The average molecular weight is 501 g/mol. The number of Topliss-reactive ketones (excluding diaryl/α,β-unsaturated/α-hetero) is 1. The summed E-state index contributed by atoms with van der Waals surface area (Å²) in [6, 6.07) is 11.4. The van der Waals surface area contributed by atoms with E-state index >= 15 is 0 Å². The van der Waals surface area contributed by atoms with Crippen molar-refractivity contribution >= 4 is 45.9 Å². The van der Waals surface area contributed by atoms with Gasteiger partial charge in [0, 0.05) is 18.5 Å². The molecule has 3 aromatic rings. The van der Waals surface area contributed by atoms with Gasteiger partial charge in [-0.05, 0) is 55.9 Å². The molecule has 1 amide bonds. The van der Waals surface area contributed by atoms with Crippen LogP contribution in [0, 0.1) is 6.92 Å². The van der Waals surface area contributed by atoms with E-state index in [9.17, 15) is 14.7 Å². The standard InChI is InChI=1S/C26H26Cl2N2O4/c1-4-29(5-2)10-11-30-23(16-7-8-18(27)19(28)13-16)22(25(32)26(30)33)24(31)21-14-17-12-15(3)6-9-20(17)34-21/h6-9,12-14,23,32H,4-5,10-11H2,1-3H3. The first-order valence-corrected chi connectivity index (χ1v) is 12.0. The van der Waals surface area contributed by atoms with Crippen molar-refractivity contribution in [3.05, 3.63) is 80.7 Å². The van der Waals surface area contributed by atoms with E-state index in [1.807, 2.05) is 32.9 Å². The zero-order chi connectivity index (χ0) is 24.6. The molecule has 8 heteroatoms. The Balaban J connectivity index is 1.77. The van der Waals surface area contributed by atoms with Crippen LogP contribution in [0.2, 0.25) is 10.0 Å². The highest BCUT2D eigenvalue weighted by Gasteiger charge is 2.44. The van der Waals surface area contributed by atoms with Crippen LogP contribution in [0.15, 0.2) is 58.2 Å². The number of fused-ring (bicyclic) bond motifs is 1. The first kappa shape index (κ1) is 24.3. The molecule has 1 aliphatic heterocycles. The van der Waals surface area contributed by atoms with Crippen molar-refractivity contribution in [2.45, 2.75) is 26.8 Å². The number of carbonyl (C=O) groups excluding carboxylic acids is 2. The monoisotopic (exact) mass is 500 g/mol. The Morgan fingerprint density at radius 1 is 1.09 bits per heavy atom. The molecule has 0 radical (unpaired) electrons. The molecule has 6 nitrogen and oxygen atoms in total. The van der Waals surface area contributed by atoms with Crippen molar-refractivity contribution in [2.75, 3.05) is 26.2 Å². The van der Waals surface area contributed by atoms with Gasteiger partial charge < -0.3 is 19.3 Å². The number of halogens is 2. The highest BCUT2D eigenvalue weighted by atomic mass is 35.5. The second-order valence-electron chi connectivity index (χ2n) is 8.34. The van der Waals surface area contributed by atoms with Crippen LogP contribution in [-0.4, -0.2) is 52.8 Å². The lowest BCUT2D eigenvalue weighted by Gasteiger charge is -2.29. The van der Waals surface area contributed by atoms with Crippen LogP contribution in [0.1, 0.15) is 41.6 Å². The topological polar surface area (TPSA) is 74.0 Å². The fraction of sp³-hybridized carbons (Fsp3) is 0.308. The van der Waals surface area contributed by atoms with Crippen LogP contribution < -0.4 is 0 Å². The van der Waals surface area contributed by atoms with E-state index in [0.29, 0.717) is 34.3 Å². The number of nitrogens with zero attached hydrogens (tertiary/aromatic N) is 2. The van der Waals surface area contributed by atoms with Crippen LogP contribution in [0.25, 0.3) is 11.0 Å². The highest BCUT2D eigenvalue weighted by molar-refractivity contribution is 6.42. The molecule has 4 rings (SSSR count). The maximum absolute atomic E-state index is 13.6. The maximum Gasteiger partial charge on any atom is 0.290 e. The number of likely N-dealkylation sites (N-methyl/N-ethyl adjacent to an activating group) is 1. The lowest BCUT2D eigenvalue weighted by molar-refractivity contribution is -0.129. The summed E-state index contributed by atoms with van der Waals surface area (Å²) >= 11 is 12.4. The van der Waals surface area contributed by atoms with Crippen molar-refractivity contribution in [2.24, 2.45) is 0 Å². The van der Waals surface area contributed by atoms with Gasteiger partial charge in [-0.15, -0.1) is 0 Å². The minimum Gasteiger partial charge on any atom is -0.503 e. The summed E-state index contributed by atoms with van der Waals surface area (Å²) in [6.07, 6.45) is 0. The number of benzene rings is 2. The predicted molar refractivity (Wildman–Crippen MR) is 134 cm³/mol. The number of amides is 1. The number of ketones is 1. The van der Waals surface area contributed by atoms with E-state index in [2.05, 4.69) is 4.90 Å². The van der Waals surface area contributed by atoms with Gasteiger partial charge in [0.1, 0.15) is 5.58 Å². The summed E-state index contributed by atoms with van der Waals surface area (Å²) < 4.78 is 5.80. The Bertz CT molecular complexity index is 1290. The zero-order valence-electron chi connectivity index (χ0n) is 19.3. The number of hydrogen-bond acceptors (Lipinski definition) is 5. The Morgan fingerprint density at radius 2 is 1.82 bits per heavy atom. The van der Waals surface area contributed by atoms with E-state index in [1.54, 1.807) is 30.3 Å². The van der Waals surface area contributed by atoms with Crippen molar-refractivity contribution < 1.29 is 19.1 Å². The molecule has 34 heavy (non-hydrogen) atoms. The molecule has 1 unspecified atom stereocenters. The molecular weight excluding hydrogens is 475 g/mol. The van der Waals surface area contributed by atoms with Crippen LogP contribution in [0.4, 0.5) is 0 Å². The summed E-state index contributed by atoms with van der Waals surface area (Å²) in [7, 11) is 0. The largest absolute Gasteiger partial charge is 0.503 e. The maximum atomic E-state index is 13.6. The molecule has 0 bridgehead atoms. The number of rotatable bonds is 8. The fourth-order valence-corrected chi connectivity index (χ4v) is 4.65. The summed E-state index contributed by atoms with van der Waals surface area (Å²) in [6.45, 7) is 8.59. The second-order valence-corrected chi connectivity index (χ2v) is 9.16. The van der Waals surface area contributed by atoms with Crippen LogP contribution >= 0.6 is 23.2 Å². The molecule has 1 aliphatic rings. The van der Waals surface area contributed by atoms with E-state index < -0.39 is 23.5 Å². The van der Waals surface area contributed by atoms with Gasteiger partial charge in [0.2, 0.25) is 5.78 Å². The molecular formula is C26H26Cl2N2O4. The summed E-state index contributed by atoms with van der Waals surface area (Å²) in [5, 5.41) is 12.3. The van der Waals surface area contributed by atoms with Gasteiger partial charge in [0.05, 0.1) is 21.7 Å². The number of hydrogen-bond donors (Lipinski definition) is 1. The Labute approximate surface area is 208 Å². The Hall–Kier alpha value is -2.80. The van der Waals surface area contributed by atoms with Gasteiger partial charge in [0.15, 0.2) is 11.5 Å². The van der Waals surface area contributed by atoms with Crippen molar-refractivity contribution in [1.82, 2.24) is 9.80 Å². The van der Waals surface area contributed by atoms with Gasteiger partial charge in [-0.3, -0.25) is 9.59 Å². The van der Waals surface area contributed by atoms with E-state index in [1.165, 1.54) is 4.90 Å². The first-order chi connectivity index (χ1) is 16.2. The van der Waals surface area contributed by atoms with Crippen LogP contribution in [-0.2, 0) is 4.79 Å². The second kappa shape index (κ2) is 9.82. The summed E-state index contributed by atoms with van der Waals surface area (Å²) in [5.41, 5.74) is 2.14. The van der Waals surface area contributed by atoms with E-state index in [0.717, 1.165) is 24.0 Å². The molecule has 1 aromatic heterocycles. The third kappa shape index (κ3) is 4.45. The van der Waals surface area contributed by atoms with Crippen molar-refractivity contribution in [3.8, 4) is 0 Å². The molecule has 2 aromatic carbocycles. The number of aryl methyl sites for hydroxylation is 1. The third-order valence-electron chi connectivity index (χ3n) is 6.25. The minimum absolute atomic E-state index is 0.0290. The molecule has 178 valence electrons. The van der Waals surface area contributed by atoms with Gasteiger partial charge in [0.25, 0.3) is 5.91 Å². The van der Waals surface area contributed by atoms with E-state index in [-0.39, 0.29) is 11.3 Å². The minimum atomic E-state index is -0.819. The van der Waals surface area contributed by atoms with Crippen LogP contribution in [0.5, 0.6) is 0 Å². The molecule has 0 aliphatic carbocycles. The summed E-state index contributed by atoms with van der Waals surface area (Å²) in [5.74, 6) is -1.65. The van der Waals surface area contributed by atoms with Gasteiger partial charge in [-0.1, -0.05) is 54.7 Å². The van der Waals surface area contributed by atoms with Crippen LogP contribution in [0.3, 0.4) is 0 Å². The van der Waals surface area contributed by atoms with Gasteiger partial charge >= 0.3 is 0 Å². The molecule has 0 fully saturated rings. The number of furan rings is 1. The average Bonchev–Trinajstić information content (AvgIpc) is 3.35. The predicted octanol–water partition coefficient (Wildman–Crippen LogP) is 5.97. The normalized spacial score (nSPS) is 16.4. The zero-order valence-corrected chi connectivity index (χ0v) is 20.8. The van der Waals surface area contributed by atoms with Crippen molar-refractivity contribution in [3.63, 3.8) is 0 Å². The van der Waals surface area contributed by atoms with Gasteiger partial charge in [-0.25, -0.2) is 0 Å². The Morgan fingerprint density at radius 3 is 2.50 bits per heavy atom. The molecule has 0 saturated carbocycles.